The minimum absolute atomic E-state index is 0.257. The standard InChI is InChI=1S/C17H19FN2OS/c1-19(22-2)10-13(21)11-20-16-6-4-3-5-14(16)15-8-7-12(18)9-17(15)20/h3-9,13,21H,10-11H2,1-2H3. The summed E-state index contributed by atoms with van der Waals surface area (Å²) in [6.45, 7) is 1.00. The maximum atomic E-state index is 13.7. The maximum absolute atomic E-state index is 13.7. The number of hydrogen-bond acceptors (Lipinski definition) is 3. The van der Waals surface area contributed by atoms with Crippen molar-refractivity contribution in [3.8, 4) is 0 Å². The van der Waals surface area contributed by atoms with Crippen LogP contribution in [0.5, 0.6) is 0 Å². The molecule has 116 valence electrons. The third-order valence-electron chi connectivity index (χ3n) is 3.91. The molecule has 0 aliphatic rings. The van der Waals surface area contributed by atoms with Gasteiger partial charge in [-0.25, -0.2) is 4.39 Å². The SMILES string of the molecule is CSN(C)CC(O)Cn1c2ccccc2c2ccc(F)cc21. The van der Waals surface area contributed by atoms with E-state index in [1.54, 1.807) is 18.0 Å². The van der Waals surface area contributed by atoms with Gasteiger partial charge >= 0.3 is 0 Å². The molecule has 0 aliphatic heterocycles. The second-order valence-electron chi connectivity index (χ2n) is 5.44. The quantitative estimate of drug-likeness (QED) is 0.730. The summed E-state index contributed by atoms with van der Waals surface area (Å²) >= 11 is 1.58. The lowest BCUT2D eigenvalue weighted by Gasteiger charge is -2.19. The minimum Gasteiger partial charge on any atom is -0.390 e. The zero-order chi connectivity index (χ0) is 15.7. The van der Waals surface area contributed by atoms with E-state index in [-0.39, 0.29) is 5.82 Å². The largest absolute Gasteiger partial charge is 0.390 e. The molecule has 3 nitrogen and oxygen atoms in total. The van der Waals surface area contributed by atoms with Gasteiger partial charge in [-0.15, -0.1) is 0 Å². The van der Waals surface area contributed by atoms with Gasteiger partial charge in [0.25, 0.3) is 0 Å². The van der Waals surface area contributed by atoms with Gasteiger partial charge < -0.3 is 9.67 Å². The highest BCUT2D eigenvalue weighted by atomic mass is 32.2. The number of nitrogens with zero attached hydrogens (tertiary/aromatic N) is 2. The number of aromatic nitrogens is 1. The normalized spacial score (nSPS) is 13.3. The van der Waals surface area contributed by atoms with Crippen molar-refractivity contribution < 1.29 is 9.50 Å². The molecule has 0 bridgehead atoms. The van der Waals surface area contributed by atoms with Gasteiger partial charge in [0.1, 0.15) is 5.82 Å². The topological polar surface area (TPSA) is 28.4 Å². The number of aliphatic hydroxyl groups excluding tert-OH is 1. The summed E-state index contributed by atoms with van der Waals surface area (Å²) < 4.78 is 17.7. The van der Waals surface area contributed by atoms with Crippen molar-refractivity contribution >= 4 is 33.8 Å². The summed E-state index contributed by atoms with van der Waals surface area (Å²) in [5.41, 5.74) is 1.85. The molecular weight excluding hydrogens is 299 g/mol. The summed E-state index contributed by atoms with van der Waals surface area (Å²) in [6.07, 6.45) is 1.46. The fourth-order valence-corrected chi connectivity index (χ4v) is 3.18. The maximum Gasteiger partial charge on any atom is 0.125 e. The van der Waals surface area contributed by atoms with E-state index in [9.17, 15) is 9.50 Å². The van der Waals surface area contributed by atoms with E-state index in [1.165, 1.54) is 6.07 Å². The average molecular weight is 318 g/mol. The predicted octanol–water partition coefficient (Wildman–Crippen LogP) is 3.50. The first kappa shape index (κ1) is 15.3. The van der Waals surface area contributed by atoms with Crippen molar-refractivity contribution in [3.63, 3.8) is 0 Å². The van der Waals surface area contributed by atoms with Crippen molar-refractivity contribution in [1.82, 2.24) is 8.87 Å². The molecule has 22 heavy (non-hydrogen) atoms. The lowest BCUT2D eigenvalue weighted by molar-refractivity contribution is 0.139. The number of aliphatic hydroxyl groups is 1. The van der Waals surface area contributed by atoms with E-state index < -0.39 is 6.10 Å². The number of para-hydroxylation sites is 1. The Kier molecular flexibility index (Phi) is 4.38. The molecule has 0 fully saturated rings. The first-order valence-corrected chi connectivity index (χ1v) is 8.38. The minimum atomic E-state index is -0.514. The molecule has 3 rings (SSSR count). The number of fused-ring (bicyclic) bond motifs is 3. The summed E-state index contributed by atoms with van der Waals surface area (Å²) in [5.74, 6) is -0.257. The van der Waals surface area contributed by atoms with Crippen molar-refractivity contribution in [3.05, 3.63) is 48.3 Å². The van der Waals surface area contributed by atoms with Crippen LogP contribution in [0.25, 0.3) is 21.8 Å². The fourth-order valence-electron chi connectivity index (χ4n) is 2.86. The zero-order valence-corrected chi connectivity index (χ0v) is 13.5. The molecule has 1 aromatic heterocycles. The summed E-state index contributed by atoms with van der Waals surface area (Å²) in [7, 11) is 1.94. The van der Waals surface area contributed by atoms with Crippen molar-refractivity contribution in [2.75, 3.05) is 19.8 Å². The fraction of sp³-hybridized carbons (Fsp3) is 0.294. The van der Waals surface area contributed by atoms with Crippen LogP contribution in [-0.4, -0.2) is 39.9 Å². The Morgan fingerprint density at radius 1 is 1.18 bits per heavy atom. The molecule has 0 amide bonds. The number of rotatable bonds is 5. The molecular formula is C17H19FN2OS. The van der Waals surface area contributed by atoms with E-state index >= 15 is 0 Å². The third-order valence-corrected chi connectivity index (χ3v) is 4.68. The first-order valence-electron chi connectivity index (χ1n) is 7.20. The molecule has 1 atom stereocenters. The van der Waals surface area contributed by atoms with Gasteiger partial charge in [0.15, 0.2) is 0 Å². The monoisotopic (exact) mass is 318 g/mol. The van der Waals surface area contributed by atoms with Crippen LogP contribution in [0.15, 0.2) is 42.5 Å². The number of benzene rings is 2. The lowest BCUT2D eigenvalue weighted by Crippen LogP contribution is -2.28. The molecule has 0 aliphatic carbocycles. The Morgan fingerprint density at radius 3 is 2.68 bits per heavy atom. The van der Waals surface area contributed by atoms with Crippen LogP contribution in [0.1, 0.15) is 0 Å². The van der Waals surface area contributed by atoms with E-state index in [0.29, 0.717) is 13.1 Å². The number of likely N-dealkylation sites (N-methyl/N-ethyl adjacent to an activating group) is 1. The molecule has 1 heterocycles. The van der Waals surface area contributed by atoms with Crippen LogP contribution >= 0.6 is 11.9 Å². The van der Waals surface area contributed by atoms with Crippen LogP contribution in [0, 0.1) is 5.82 Å². The third kappa shape index (κ3) is 2.84. The molecule has 0 saturated carbocycles. The molecule has 0 radical (unpaired) electrons. The van der Waals surface area contributed by atoms with Crippen molar-refractivity contribution in [2.24, 2.45) is 0 Å². The number of hydrogen-bond donors (Lipinski definition) is 1. The summed E-state index contributed by atoms with van der Waals surface area (Å²) in [4.78, 5) is 0. The van der Waals surface area contributed by atoms with Gasteiger partial charge in [-0.05, 0) is 37.6 Å². The lowest BCUT2D eigenvalue weighted by atomic mass is 10.1. The highest BCUT2D eigenvalue weighted by Gasteiger charge is 2.15. The Labute approximate surface area is 133 Å². The highest BCUT2D eigenvalue weighted by molar-refractivity contribution is 7.96. The van der Waals surface area contributed by atoms with Gasteiger partial charge in [-0.1, -0.05) is 30.1 Å². The second-order valence-corrected chi connectivity index (χ2v) is 6.42. The Hall–Kier alpha value is -1.56. The Balaban J connectivity index is 2.07. The average Bonchev–Trinajstić information content (AvgIpc) is 2.81. The van der Waals surface area contributed by atoms with Crippen molar-refractivity contribution in [1.29, 1.82) is 0 Å². The van der Waals surface area contributed by atoms with Crippen LogP contribution in [0.3, 0.4) is 0 Å². The summed E-state index contributed by atoms with van der Waals surface area (Å²) in [5, 5.41) is 12.4. The highest BCUT2D eigenvalue weighted by Crippen LogP contribution is 2.29. The first-order chi connectivity index (χ1) is 10.6. The molecule has 1 N–H and O–H groups in total. The Morgan fingerprint density at radius 2 is 1.91 bits per heavy atom. The molecule has 1 unspecified atom stereocenters. The van der Waals surface area contributed by atoms with E-state index in [0.717, 1.165) is 21.8 Å². The van der Waals surface area contributed by atoms with Gasteiger partial charge in [-0.3, -0.25) is 4.31 Å². The smallest absolute Gasteiger partial charge is 0.125 e. The second kappa shape index (κ2) is 6.28. The predicted molar refractivity (Wildman–Crippen MR) is 91.6 cm³/mol. The van der Waals surface area contributed by atoms with Gasteiger partial charge in [-0.2, -0.15) is 0 Å². The molecule has 5 heteroatoms. The van der Waals surface area contributed by atoms with Gasteiger partial charge in [0.05, 0.1) is 18.2 Å². The molecule has 3 aromatic rings. The van der Waals surface area contributed by atoms with E-state index in [2.05, 4.69) is 0 Å². The van der Waals surface area contributed by atoms with Crippen molar-refractivity contribution in [2.45, 2.75) is 12.6 Å². The van der Waals surface area contributed by atoms with E-state index in [1.807, 2.05) is 52.5 Å². The zero-order valence-electron chi connectivity index (χ0n) is 12.7. The molecule has 0 saturated heterocycles. The van der Waals surface area contributed by atoms with Gasteiger partial charge in [0.2, 0.25) is 0 Å². The van der Waals surface area contributed by atoms with Gasteiger partial charge in [0, 0.05) is 22.8 Å². The molecule has 2 aromatic carbocycles. The van der Waals surface area contributed by atoms with Crippen LogP contribution in [-0.2, 0) is 6.54 Å². The van der Waals surface area contributed by atoms with E-state index in [4.69, 9.17) is 0 Å². The number of halogens is 1. The van der Waals surface area contributed by atoms with Crippen LogP contribution in [0.4, 0.5) is 4.39 Å². The Bertz CT molecular complexity index is 802. The van der Waals surface area contributed by atoms with Crippen LogP contribution < -0.4 is 0 Å². The molecule has 0 spiro atoms. The summed E-state index contributed by atoms with van der Waals surface area (Å²) in [6, 6.07) is 12.8. The van der Waals surface area contributed by atoms with Crippen LogP contribution in [0.2, 0.25) is 0 Å².